The first-order valence-electron chi connectivity index (χ1n) is 10.8. The number of anilines is 1. The molecule has 2 aliphatic heterocycles. The predicted molar refractivity (Wildman–Crippen MR) is 121 cm³/mol. The van der Waals surface area contributed by atoms with Gasteiger partial charge in [-0.05, 0) is 54.4 Å². The zero-order valence-corrected chi connectivity index (χ0v) is 18.1. The minimum atomic E-state index is -0.422. The van der Waals surface area contributed by atoms with Crippen LogP contribution in [0.25, 0.3) is 0 Å². The van der Waals surface area contributed by atoms with E-state index in [1.807, 2.05) is 55.5 Å². The zero-order valence-electron chi connectivity index (χ0n) is 18.1. The quantitative estimate of drug-likeness (QED) is 0.518. The van der Waals surface area contributed by atoms with Crippen LogP contribution in [0.4, 0.5) is 10.1 Å². The van der Waals surface area contributed by atoms with E-state index in [1.165, 1.54) is 34.7 Å². The second-order valence-corrected chi connectivity index (χ2v) is 8.24. The number of benzene rings is 3. The Balaban J connectivity index is 1.38. The number of ether oxygens (including phenoxy) is 2. The van der Waals surface area contributed by atoms with Gasteiger partial charge >= 0.3 is 5.97 Å². The average molecular weight is 443 g/mol. The van der Waals surface area contributed by atoms with Crippen LogP contribution in [0.5, 0.6) is 5.75 Å². The van der Waals surface area contributed by atoms with Gasteiger partial charge in [0.05, 0.1) is 11.3 Å². The molecule has 1 unspecified atom stereocenters. The summed E-state index contributed by atoms with van der Waals surface area (Å²) in [4.78, 5) is 27.1. The first-order chi connectivity index (χ1) is 16.0. The van der Waals surface area contributed by atoms with Crippen molar-refractivity contribution in [2.24, 2.45) is 0 Å². The third-order valence-corrected chi connectivity index (χ3v) is 6.01. The summed E-state index contributed by atoms with van der Waals surface area (Å²) in [5, 5.41) is 0. The van der Waals surface area contributed by atoms with E-state index in [2.05, 4.69) is 0 Å². The number of aryl methyl sites for hydroxylation is 1. The molecular weight excluding hydrogens is 421 g/mol. The van der Waals surface area contributed by atoms with Crippen molar-refractivity contribution in [3.63, 3.8) is 0 Å². The van der Waals surface area contributed by atoms with Gasteiger partial charge in [0.25, 0.3) is 0 Å². The Hall–Kier alpha value is -3.93. The van der Waals surface area contributed by atoms with Crippen molar-refractivity contribution in [2.45, 2.75) is 25.9 Å². The first-order valence-corrected chi connectivity index (χ1v) is 10.8. The molecule has 0 bridgehead atoms. The Bertz CT molecular complexity index is 1230. The largest absolute Gasteiger partial charge is 0.489 e. The summed E-state index contributed by atoms with van der Waals surface area (Å²) in [5.41, 5.74) is 4.63. The van der Waals surface area contributed by atoms with Gasteiger partial charge in [-0.25, -0.2) is 9.18 Å². The second kappa shape index (κ2) is 8.54. The number of carbonyl (C=O) groups is 2. The fraction of sp³-hybridized carbons (Fsp3) is 0.185. The Labute approximate surface area is 191 Å². The molecule has 6 heteroatoms. The van der Waals surface area contributed by atoms with E-state index in [9.17, 15) is 14.0 Å². The number of cyclic esters (lactones) is 1. The van der Waals surface area contributed by atoms with E-state index in [0.717, 1.165) is 11.1 Å². The molecule has 0 radical (unpaired) electrons. The highest BCUT2D eigenvalue weighted by molar-refractivity contribution is 6.06. The Morgan fingerprint density at radius 3 is 2.36 bits per heavy atom. The van der Waals surface area contributed by atoms with Crippen molar-refractivity contribution in [1.29, 1.82) is 0 Å². The van der Waals surface area contributed by atoms with Crippen molar-refractivity contribution in [2.75, 3.05) is 11.5 Å². The van der Waals surface area contributed by atoms with Crippen LogP contribution in [0.3, 0.4) is 0 Å². The highest BCUT2D eigenvalue weighted by atomic mass is 19.1. The van der Waals surface area contributed by atoms with E-state index >= 15 is 0 Å². The number of rotatable bonds is 5. The molecule has 1 amide bonds. The lowest BCUT2D eigenvalue weighted by atomic mass is 9.84. The number of amides is 1. The van der Waals surface area contributed by atoms with Gasteiger partial charge < -0.3 is 9.47 Å². The van der Waals surface area contributed by atoms with Gasteiger partial charge in [-0.1, -0.05) is 42.0 Å². The maximum Gasteiger partial charge on any atom is 0.336 e. The Morgan fingerprint density at radius 2 is 1.67 bits per heavy atom. The third kappa shape index (κ3) is 4.12. The normalized spacial score (nSPS) is 17.8. The number of carbonyl (C=O) groups excluding carboxylic acids is 2. The number of halogens is 1. The molecule has 0 saturated heterocycles. The van der Waals surface area contributed by atoms with Crippen LogP contribution in [-0.2, 0) is 20.9 Å². The van der Waals surface area contributed by atoms with Crippen LogP contribution >= 0.6 is 0 Å². The van der Waals surface area contributed by atoms with Crippen molar-refractivity contribution in [3.05, 3.63) is 107 Å². The molecule has 5 rings (SSSR count). The molecule has 0 aliphatic carbocycles. The van der Waals surface area contributed by atoms with E-state index in [-0.39, 0.29) is 18.9 Å². The zero-order chi connectivity index (χ0) is 22.9. The smallest absolute Gasteiger partial charge is 0.336 e. The van der Waals surface area contributed by atoms with Gasteiger partial charge in [0, 0.05) is 18.0 Å². The number of hydrogen-bond acceptors (Lipinski definition) is 4. The van der Waals surface area contributed by atoms with E-state index < -0.39 is 17.7 Å². The molecule has 3 aromatic carbocycles. The molecular formula is C27H22FNO4. The Morgan fingerprint density at radius 1 is 0.970 bits per heavy atom. The minimum Gasteiger partial charge on any atom is -0.489 e. The summed E-state index contributed by atoms with van der Waals surface area (Å²) in [5.74, 6) is -0.667. The molecule has 0 spiro atoms. The molecule has 5 nitrogen and oxygen atoms in total. The fourth-order valence-corrected chi connectivity index (χ4v) is 4.28. The van der Waals surface area contributed by atoms with Crippen molar-refractivity contribution < 1.29 is 23.5 Å². The van der Waals surface area contributed by atoms with Gasteiger partial charge in [-0.3, -0.25) is 9.69 Å². The molecule has 166 valence electrons. The second-order valence-electron chi connectivity index (χ2n) is 8.24. The fourth-order valence-electron chi connectivity index (χ4n) is 4.28. The number of nitrogens with zero attached hydrogens (tertiary/aromatic N) is 1. The van der Waals surface area contributed by atoms with Crippen molar-refractivity contribution in [1.82, 2.24) is 0 Å². The molecule has 0 N–H and O–H groups in total. The van der Waals surface area contributed by atoms with E-state index in [1.54, 1.807) is 0 Å². The summed E-state index contributed by atoms with van der Waals surface area (Å²) in [6.45, 7) is 2.51. The molecule has 2 heterocycles. The van der Waals surface area contributed by atoms with Gasteiger partial charge in [0.2, 0.25) is 5.91 Å². The van der Waals surface area contributed by atoms with Crippen LogP contribution in [0.2, 0.25) is 0 Å². The van der Waals surface area contributed by atoms with Crippen molar-refractivity contribution >= 4 is 17.6 Å². The van der Waals surface area contributed by atoms with Gasteiger partial charge in [-0.15, -0.1) is 0 Å². The lowest BCUT2D eigenvalue weighted by Gasteiger charge is -2.31. The summed E-state index contributed by atoms with van der Waals surface area (Å²) in [6.07, 6.45) is 0.120. The topological polar surface area (TPSA) is 55.8 Å². The summed E-state index contributed by atoms with van der Waals surface area (Å²) in [7, 11) is 0. The summed E-state index contributed by atoms with van der Waals surface area (Å²) < 4.78 is 24.5. The monoisotopic (exact) mass is 443 g/mol. The molecule has 1 atom stereocenters. The standard InChI is InChI=1S/C27H22FNO4/c1-17-2-4-18(5-3-17)15-32-22-12-6-19(7-13-22)23-14-25(30)29(21-10-8-20(28)9-11-21)24-16-33-27(31)26(23)24/h2-13,23H,14-16H2,1H3. The molecule has 2 aliphatic rings. The van der Waals surface area contributed by atoms with Crippen LogP contribution in [0.15, 0.2) is 84.1 Å². The average Bonchev–Trinajstić information content (AvgIpc) is 3.21. The molecule has 0 fully saturated rings. The SMILES string of the molecule is Cc1ccc(COc2ccc(C3CC(=O)N(c4ccc(F)cc4)C4=C3C(=O)OC4)cc2)cc1. The van der Waals surface area contributed by atoms with Gasteiger partial charge in [-0.2, -0.15) is 0 Å². The molecule has 33 heavy (non-hydrogen) atoms. The summed E-state index contributed by atoms with van der Waals surface area (Å²) in [6, 6.07) is 21.3. The van der Waals surface area contributed by atoms with Gasteiger partial charge in [0.1, 0.15) is 24.8 Å². The number of esters is 1. The van der Waals surface area contributed by atoms with Gasteiger partial charge in [0.15, 0.2) is 0 Å². The maximum atomic E-state index is 13.4. The number of hydrogen-bond donors (Lipinski definition) is 0. The Kier molecular flexibility index (Phi) is 5.42. The lowest BCUT2D eigenvalue weighted by molar-refractivity contribution is -0.136. The molecule has 3 aromatic rings. The van der Waals surface area contributed by atoms with Crippen LogP contribution in [0.1, 0.15) is 29.0 Å². The van der Waals surface area contributed by atoms with Crippen molar-refractivity contribution in [3.8, 4) is 5.75 Å². The van der Waals surface area contributed by atoms with Crippen LogP contribution in [0, 0.1) is 12.7 Å². The third-order valence-electron chi connectivity index (χ3n) is 6.01. The highest BCUT2D eigenvalue weighted by Crippen LogP contribution is 2.42. The maximum absolute atomic E-state index is 13.4. The highest BCUT2D eigenvalue weighted by Gasteiger charge is 2.42. The summed E-state index contributed by atoms with van der Waals surface area (Å²) >= 11 is 0. The van der Waals surface area contributed by atoms with E-state index in [0.29, 0.717) is 29.3 Å². The van der Waals surface area contributed by atoms with Crippen LogP contribution in [-0.4, -0.2) is 18.5 Å². The molecule has 0 saturated carbocycles. The predicted octanol–water partition coefficient (Wildman–Crippen LogP) is 5.04. The first kappa shape index (κ1) is 20.9. The minimum absolute atomic E-state index is 0.0194. The van der Waals surface area contributed by atoms with Crippen LogP contribution < -0.4 is 9.64 Å². The lowest BCUT2D eigenvalue weighted by Crippen LogP contribution is -2.37. The molecule has 0 aromatic heterocycles. The van der Waals surface area contributed by atoms with E-state index in [4.69, 9.17) is 9.47 Å².